The van der Waals surface area contributed by atoms with Crippen LogP contribution in [0.3, 0.4) is 0 Å². The van der Waals surface area contributed by atoms with E-state index in [0.717, 1.165) is 17.0 Å². The number of carbonyl (C=O) groups is 2. The number of likely N-dealkylation sites (N-methyl/N-ethyl adjacent to an activating group) is 1. The van der Waals surface area contributed by atoms with Crippen molar-refractivity contribution in [1.82, 2.24) is 14.9 Å². The molecule has 3 aromatic rings. The Bertz CT molecular complexity index is 1050. The summed E-state index contributed by atoms with van der Waals surface area (Å²) in [7, 11) is 1.57. The van der Waals surface area contributed by atoms with Crippen molar-refractivity contribution in [3.63, 3.8) is 0 Å². The molecule has 2 N–H and O–H groups in total. The van der Waals surface area contributed by atoms with Crippen LogP contribution in [-0.4, -0.2) is 46.9 Å². The molecule has 0 aliphatic rings. The number of hydrogen-bond acceptors (Lipinski definition) is 6. The van der Waals surface area contributed by atoms with Crippen LogP contribution in [0.4, 0.5) is 17.3 Å². The lowest BCUT2D eigenvalue weighted by molar-refractivity contribution is -0.116. The van der Waals surface area contributed by atoms with Gasteiger partial charge in [-0.3, -0.25) is 9.59 Å². The zero-order valence-corrected chi connectivity index (χ0v) is 17.8. The van der Waals surface area contributed by atoms with E-state index in [0.29, 0.717) is 23.8 Å². The van der Waals surface area contributed by atoms with Gasteiger partial charge in [0.25, 0.3) is 5.91 Å². The molecular formula is C23H25N5O3. The average Bonchev–Trinajstić information content (AvgIpc) is 2.75. The summed E-state index contributed by atoms with van der Waals surface area (Å²) in [5.41, 5.74) is 2.11. The van der Waals surface area contributed by atoms with E-state index in [-0.39, 0.29) is 18.4 Å². The smallest absolute Gasteiger partial charge is 0.257 e. The molecule has 0 unspecified atom stereocenters. The van der Waals surface area contributed by atoms with E-state index in [2.05, 4.69) is 20.6 Å². The Morgan fingerprint density at radius 1 is 1.06 bits per heavy atom. The molecular weight excluding hydrogens is 394 g/mol. The summed E-state index contributed by atoms with van der Waals surface area (Å²) in [5, 5.41) is 5.86. The summed E-state index contributed by atoms with van der Waals surface area (Å²) >= 11 is 0. The Morgan fingerprint density at radius 2 is 1.84 bits per heavy atom. The van der Waals surface area contributed by atoms with E-state index in [9.17, 15) is 9.59 Å². The molecule has 0 aliphatic heterocycles. The Kier molecular flexibility index (Phi) is 7.16. The molecule has 0 bridgehead atoms. The first-order chi connectivity index (χ1) is 15.0. The zero-order valence-electron chi connectivity index (χ0n) is 17.8. The van der Waals surface area contributed by atoms with Crippen molar-refractivity contribution in [2.75, 3.05) is 30.8 Å². The standard InChI is InChI=1S/C23H25N5O3/c1-4-31-18-9-7-17(8-10-18)26-22-19(6-5-12-25-22)23(30)28(3)15-21(29)27-20-14-16(2)11-13-24-20/h5-14H,4,15H2,1-3H3,(H,25,26)(H,24,27,29). The summed E-state index contributed by atoms with van der Waals surface area (Å²) in [6.45, 7) is 4.30. The van der Waals surface area contributed by atoms with Crippen LogP contribution in [0.2, 0.25) is 0 Å². The SMILES string of the molecule is CCOc1ccc(Nc2ncccc2C(=O)N(C)CC(=O)Nc2cc(C)ccn2)cc1. The van der Waals surface area contributed by atoms with E-state index in [1.54, 1.807) is 37.6 Å². The van der Waals surface area contributed by atoms with Gasteiger partial charge >= 0.3 is 0 Å². The summed E-state index contributed by atoms with van der Waals surface area (Å²) < 4.78 is 5.44. The number of carbonyl (C=O) groups excluding carboxylic acids is 2. The van der Waals surface area contributed by atoms with E-state index in [1.165, 1.54) is 4.90 Å². The van der Waals surface area contributed by atoms with Crippen LogP contribution < -0.4 is 15.4 Å². The maximum atomic E-state index is 13.0. The molecule has 0 fully saturated rings. The second-order valence-corrected chi connectivity index (χ2v) is 6.91. The van der Waals surface area contributed by atoms with Crippen molar-refractivity contribution in [1.29, 1.82) is 0 Å². The lowest BCUT2D eigenvalue weighted by Gasteiger charge is -2.18. The number of amides is 2. The number of nitrogens with zero attached hydrogens (tertiary/aromatic N) is 3. The Hall–Kier alpha value is -3.94. The predicted octanol–water partition coefficient (Wildman–Crippen LogP) is 3.64. The molecule has 2 amide bonds. The van der Waals surface area contributed by atoms with Gasteiger partial charge in [-0.2, -0.15) is 0 Å². The second-order valence-electron chi connectivity index (χ2n) is 6.91. The van der Waals surface area contributed by atoms with Gasteiger partial charge in [0.15, 0.2) is 0 Å². The van der Waals surface area contributed by atoms with Gasteiger partial charge in [-0.15, -0.1) is 0 Å². The third kappa shape index (κ3) is 6.02. The molecule has 1 aromatic carbocycles. The van der Waals surface area contributed by atoms with Gasteiger partial charge in [0, 0.05) is 25.1 Å². The Balaban J connectivity index is 1.67. The van der Waals surface area contributed by atoms with Crippen LogP contribution in [-0.2, 0) is 4.79 Å². The molecule has 0 saturated heterocycles. The van der Waals surface area contributed by atoms with Crippen LogP contribution in [0.15, 0.2) is 60.9 Å². The van der Waals surface area contributed by atoms with Gasteiger partial charge in [-0.25, -0.2) is 9.97 Å². The minimum absolute atomic E-state index is 0.119. The molecule has 0 radical (unpaired) electrons. The number of rotatable bonds is 8. The van der Waals surface area contributed by atoms with Crippen LogP contribution in [0.5, 0.6) is 5.75 Å². The number of nitrogens with one attached hydrogen (secondary N) is 2. The summed E-state index contributed by atoms with van der Waals surface area (Å²) in [6, 6.07) is 14.3. The monoisotopic (exact) mass is 419 g/mol. The Morgan fingerprint density at radius 3 is 2.55 bits per heavy atom. The van der Waals surface area contributed by atoms with Crippen molar-refractivity contribution >= 4 is 29.1 Å². The highest BCUT2D eigenvalue weighted by molar-refractivity contribution is 6.02. The largest absolute Gasteiger partial charge is 0.494 e. The van der Waals surface area contributed by atoms with Crippen LogP contribution >= 0.6 is 0 Å². The minimum atomic E-state index is -0.334. The zero-order chi connectivity index (χ0) is 22.2. The van der Waals surface area contributed by atoms with Crippen LogP contribution in [0.1, 0.15) is 22.8 Å². The molecule has 2 aromatic heterocycles. The fourth-order valence-electron chi connectivity index (χ4n) is 2.90. The molecule has 3 rings (SSSR count). The lowest BCUT2D eigenvalue weighted by Crippen LogP contribution is -2.35. The first-order valence-electron chi connectivity index (χ1n) is 9.89. The molecule has 31 heavy (non-hydrogen) atoms. The molecule has 0 saturated carbocycles. The van der Waals surface area contributed by atoms with Gasteiger partial charge in [-0.05, 0) is 67.9 Å². The van der Waals surface area contributed by atoms with E-state index in [1.807, 2.05) is 44.2 Å². The molecule has 8 nitrogen and oxygen atoms in total. The van der Waals surface area contributed by atoms with Crippen molar-refractivity contribution in [3.05, 3.63) is 72.1 Å². The van der Waals surface area contributed by atoms with Gasteiger partial charge in [0.1, 0.15) is 17.4 Å². The lowest BCUT2D eigenvalue weighted by atomic mass is 10.2. The van der Waals surface area contributed by atoms with Crippen LogP contribution in [0.25, 0.3) is 0 Å². The average molecular weight is 419 g/mol. The van der Waals surface area contributed by atoms with E-state index < -0.39 is 0 Å². The summed E-state index contributed by atoms with van der Waals surface area (Å²) in [6.07, 6.45) is 3.22. The number of benzene rings is 1. The quantitative estimate of drug-likeness (QED) is 0.579. The fourth-order valence-corrected chi connectivity index (χ4v) is 2.90. The van der Waals surface area contributed by atoms with Gasteiger partial charge in [0.05, 0.1) is 18.7 Å². The topological polar surface area (TPSA) is 96.5 Å². The van der Waals surface area contributed by atoms with Gasteiger partial charge in [0.2, 0.25) is 5.91 Å². The summed E-state index contributed by atoms with van der Waals surface area (Å²) in [5.74, 6) is 0.960. The maximum absolute atomic E-state index is 13.0. The number of aromatic nitrogens is 2. The third-order valence-corrected chi connectivity index (χ3v) is 4.38. The normalized spacial score (nSPS) is 10.3. The van der Waals surface area contributed by atoms with Gasteiger partial charge in [-0.1, -0.05) is 0 Å². The van der Waals surface area contributed by atoms with Crippen LogP contribution in [0, 0.1) is 6.92 Å². The van der Waals surface area contributed by atoms with Gasteiger partial charge < -0.3 is 20.3 Å². The molecule has 0 spiro atoms. The number of anilines is 3. The van der Waals surface area contributed by atoms with Crippen molar-refractivity contribution in [2.24, 2.45) is 0 Å². The highest BCUT2D eigenvalue weighted by Gasteiger charge is 2.19. The number of pyridine rings is 2. The third-order valence-electron chi connectivity index (χ3n) is 4.38. The summed E-state index contributed by atoms with van der Waals surface area (Å²) in [4.78, 5) is 35.0. The first-order valence-corrected chi connectivity index (χ1v) is 9.89. The van der Waals surface area contributed by atoms with Crippen molar-refractivity contribution in [3.8, 4) is 5.75 Å². The van der Waals surface area contributed by atoms with E-state index >= 15 is 0 Å². The fraction of sp³-hybridized carbons (Fsp3) is 0.217. The molecule has 160 valence electrons. The highest BCUT2D eigenvalue weighted by Crippen LogP contribution is 2.22. The number of ether oxygens (including phenoxy) is 1. The molecule has 0 aliphatic carbocycles. The molecule has 0 atom stereocenters. The highest BCUT2D eigenvalue weighted by atomic mass is 16.5. The van der Waals surface area contributed by atoms with Crippen molar-refractivity contribution in [2.45, 2.75) is 13.8 Å². The first kappa shape index (κ1) is 21.8. The number of aryl methyl sites for hydroxylation is 1. The maximum Gasteiger partial charge on any atom is 0.257 e. The van der Waals surface area contributed by atoms with Crippen molar-refractivity contribution < 1.29 is 14.3 Å². The second kappa shape index (κ2) is 10.2. The molecule has 8 heteroatoms. The Labute approximate surface area is 181 Å². The molecule has 2 heterocycles. The predicted molar refractivity (Wildman–Crippen MR) is 120 cm³/mol. The van der Waals surface area contributed by atoms with E-state index in [4.69, 9.17) is 4.74 Å². The number of hydrogen-bond donors (Lipinski definition) is 2. The minimum Gasteiger partial charge on any atom is -0.494 e.